The molecule has 5 aromatic rings. The van der Waals surface area contributed by atoms with E-state index in [1.165, 1.54) is 5.69 Å². The summed E-state index contributed by atoms with van der Waals surface area (Å²) in [6, 6.07) is 19.6. The van der Waals surface area contributed by atoms with Crippen molar-refractivity contribution in [2.75, 3.05) is 38.1 Å². The molecule has 8 nitrogen and oxygen atoms in total. The summed E-state index contributed by atoms with van der Waals surface area (Å²) in [5.74, 6) is 1.87. The average Bonchev–Trinajstić information content (AvgIpc) is 3.43. The molecular formula is C25H27ClN6O2. The van der Waals surface area contributed by atoms with Gasteiger partial charge < -0.3 is 30.4 Å². The van der Waals surface area contributed by atoms with Gasteiger partial charge in [-0.05, 0) is 67.7 Å². The van der Waals surface area contributed by atoms with E-state index < -0.39 is 0 Å². The van der Waals surface area contributed by atoms with Crippen molar-refractivity contribution in [1.29, 1.82) is 0 Å². The van der Waals surface area contributed by atoms with Gasteiger partial charge in [-0.15, -0.1) is 12.4 Å². The fourth-order valence-electron chi connectivity index (χ4n) is 4.31. The van der Waals surface area contributed by atoms with E-state index in [-0.39, 0.29) is 23.6 Å². The first-order valence-electron chi connectivity index (χ1n) is 10.9. The lowest BCUT2D eigenvalue weighted by Crippen LogP contribution is -2.44. The van der Waals surface area contributed by atoms with E-state index in [0.717, 1.165) is 71.0 Å². The zero-order valence-corrected chi connectivity index (χ0v) is 19.6. The molecule has 5 N–H and O–H groups in total. The number of halogens is 1. The minimum Gasteiger partial charge on any atom is -0.508 e. The van der Waals surface area contributed by atoms with Crippen molar-refractivity contribution < 1.29 is 10.6 Å². The second-order valence-corrected chi connectivity index (χ2v) is 8.44. The Labute approximate surface area is 203 Å². The Hall–Kier alpha value is -3.59. The summed E-state index contributed by atoms with van der Waals surface area (Å²) < 4.78 is 0. The van der Waals surface area contributed by atoms with Gasteiger partial charge in [0.2, 0.25) is 0 Å². The number of nitrogens with zero attached hydrogens (tertiary/aromatic N) is 4. The summed E-state index contributed by atoms with van der Waals surface area (Å²) in [6.45, 7) is 4.26. The summed E-state index contributed by atoms with van der Waals surface area (Å²) in [5.41, 5.74) is 7.03. The van der Waals surface area contributed by atoms with Crippen molar-refractivity contribution in [3.8, 4) is 28.5 Å². The zero-order chi connectivity index (χ0) is 21.7. The third kappa shape index (κ3) is 4.31. The fraction of sp³-hybridized carbons (Fsp3) is 0.200. The van der Waals surface area contributed by atoms with Gasteiger partial charge in [-0.25, -0.2) is 9.97 Å². The molecule has 0 radical (unpaired) electrons. The first kappa shape index (κ1) is 23.6. The molecule has 6 rings (SSSR count). The first-order valence-corrected chi connectivity index (χ1v) is 10.9. The molecule has 0 bridgehead atoms. The third-order valence-corrected chi connectivity index (χ3v) is 6.23. The van der Waals surface area contributed by atoms with E-state index in [4.69, 9.17) is 4.98 Å². The number of benzene rings is 3. The van der Waals surface area contributed by atoms with E-state index in [2.05, 4.69) is 56.1 Å². The predicted octanol–water partition coefficient (Wildman–Crippen LogP) is 3.83. The number of H-pyrrole nitrogens is 2. The number of hydrogen-bond acceptors (Lipinski definition) is 5. The molecule has 1 aliphatic heterocycles. The number of nitrogens with one attached hydrogen (secondary N) is 2. The molecule has 1 fully saturated rings. The van der Waals surface area contributed by atoms with Crippen molar-refractivity contribution >= 4 is 40.2 Å². The van der Waals surface area contributed by atoms with Crippen LogP contribution in [0.4, 0.5) is 5.69 Å². The number of hydrogen-bond donors (Lipinski definition) is 3. The van der Waals surface area contributed by atoms with Gasteiger partial charge in [-0.3, -0.25) is 0 Å². The maximum Gasteiger partial charge on any atom is 0.138 e. The summed E-state index contributed by atoms with van der Waals surface area (Å²) in [5, 5.41) is 9.52. The van der Waals surface area contributed by atoms with Crippen LogP contribution in [0.15, 0.2) is 60.7 Å². The first-order chi connectivity index (χ1) is 15.6. The number of piperazine rings is 1. The van der Waals surface area contributed by atoms with Crippen molar-refractivity contribution in [3.63, 3.8) is 0 Å². The normalized spacial score (nSPS) is 14.2. The number of fused-ring (bicyclic) bond motifs is 2. The van der Waals surface area contributed by atoms with Crippen molar-refractivity contribution in [3.05, 3.63) is 60.7 Å². The number of phenols is 1. The smallest absolute Gasteiger partial charge is 0.138 e. The lowest BCUT2D eigenvalue weighted by Gasteiger charge is -2.34. The molecular weight excluding hydrogens is 452 g/mol. The fourth-order valence-corrected chi connectivity index (χ4v) is 4.31. The molecule has 1 aliphatic rings. The highest BCUT2D eigenvalue weighted by molar-refractivity contribution is 5.87. The molecule has 2 aromatic heterocycles. The van der Waals surface area contributed by atoms with Gasteiger partial charge in [0.15, 0.2) is 0 Å². The van der Waals surface area contributed by atoms with Crippen molar-refractivity contribution in [2.24, 2.45) is 0 Å². The molecule has 0 unspecified atom stereocenters. The van der Waals surface area contributed by atoms with Crippen LogP contribution in [0.2, 0.25) is 0 Å². The lowest BCUT2D eigenvalue weighted by atomic mass is 10.2. The largest absolute Gasteiger partial charge is 0.508 e. The average molecular weight is 479 g/mol. The molecule has 0 saturated carbocycles. The van der Waals surface area contributed by atoms with Crippen LogP contribution in [0.1, 0.15) is 0 Å². The molecule has 1 saturated heterocycles. The number of anilines is 1. The minimum absolute atomic E-state index is 0. The monoisotopic (exact) mass is 478 g/mol. The van der Waals surface area contributed by atoms with Gasteiger partial charge in [-0.2, -0.15) is 0 Å². The summed E-state index contributed by atoms with van der Waals surface area (Å²) in [6.07, 6.45) is 0. The number of aromatic nitrogens is 4. The molecule has 0 amide bonds. The molecule has 176 valence electrons. The van der Waals surface area contributed by atoms with Crippen LogP contribution in [-0.2, 0) is 0 Å². The van der Waals surface area contributed by atoms with Crippen LogP contribution >= 0.6 is 12.4 Å². The summed E-state index contributed by atoms with van der Waals surface area (Å²) in [7, 11) is 2.17. The van der Waals surface area contributed by atoms with Crippen LogP contribution in [0.25, 0.3) is 44.8 Å². The second kappa shape index (κ2) is 9.34. The molecule has 3 heterocycles. The number of aromatic hydroxyl groups is 1. The Morgan fingerprint density at radius 3 is 1.97 bits per heavy atom. The maximum atomic E-state index is 9.52. The van der Waals surface area contributed by atoms with E-state index in [1.807, 2.05) is 24.3 Å². The Morgan fingerprint density at radius 1 is 0.735 bits per heavy atom. The molecule has 3 aromatic carbocycles. The number of phenolic OH excluding ortho intramolecular Hbond substituents is 1. The Balaban J connectivity index is 0.00000137. The number of likely N-dealkylation sites (N-methyl/N-ethyl adjacent to an activating group) is 1. The highest BCUT2D eigenvalue weighted by atomic mass is 35.5. The third-order valence-electron chi connectivity index (χ3n) is 6.23. The topological polar surface area (TPSA) is 116 Å². The van der Waals surface area contributed by atoms with E-state index >= 15 is 0 Å². The standard InChI is InChI=1S/C25H24N6O.ClH.H2O/c1-30-10-12-31(13-11-30)18-5-9-21-23(15-18)29-25(27-21)17-4-8-20-22(14-17)28-24(26-20)16-2-6-19(32)7-3-16;;/h2-9,14-15,32H,10-13H2,1H3,(H,26,28)(H,27,29);1H;1H2. The van der Waals surface area contributed by atoms with Crippen molar-refractivity contribution in [2.45, 2.75) is 0 Å². The molecule has 0 atom stereocenters. The zero-order valence-electron chi connectivity index (χ0n) is 18.7. The van der Waals surface area contributed by atoms with Crippen LogP contribution in [0.5, 0.6) is 5.75 Å². The lowest BCUT2D eigenvalue weighted by molar-refractivity contribution is 0.313. The van der Waals surface area contributed by atoms with Crippen LogP contribution < -0.4 is 4.90 Å². The Morgan fingerprint density at radius 2 is 1.29 bits per heavy atom. The highest BCUT2D eigenvalue weighted by Gasteiger charge is 2.16. The Bertz CT molecular complexity index is 1420. The van der Waals surface area contributed by atoms with Gasteiger partial charge in [0.25, 0.3) is 0 Å². The minimum atomic E-state index is 0. The molecule has 0 spiro atoms. The molecule has 9 heteroatoms. The van der Waals surface area contributed by atoms with Crippen molar-refractivity contribution in [1.82, 2.24) is 24.8 Å². The van der Waals surface area contributed by atoms with Gasteiger partial charge in [0.05, 0.1) is 22.1 Å². The highest BCUT2D eigenvalue weighted by Crippen LogP contribution is 2.28. The van der Waals surface area contributed by atoms with Crippen LogP contribution in [0, 0.1) is 0 Å². The predicted molar refractivity (Wildman–Crippen MR) is 139 cm³/mol. The number of rotatable bonds is 3. The van der Waals surface area contributed by atoms with E-state index in [9.17, 15) is 5.11 Å². The van der Waals surface area contributed by atoms with E-state index in [1.54, 1.807) is 12.1 Å². The van der Waals surface area contributed by atoms with Gasteiger partial charge in [0, 0.05) is 43.0 Å². The molecule has 0 aliphatic carbocycles. The Kier molecular flexibility index (Phi) is 6.47. The second-order valence-electron chi connectivity index (χ2n) is 8.44. The summed E-state index contributed by atoms with van der Waals surface area (Å²) in [4.78, 5) is 21.2. The van der Waals surface area contributed by atoms with Gasteiger partial charge in [-0.1, -0.05) is 0 Å². The SMILES string of the molecule is CN1CCN(c2ccc3nc(-c4ccc5nc(-c6ccc(O)cc6)[nH]c5c4)[nH]c3c2)CC1.Cl.O. The maximum absolute atomic E-state index is 9.52. The number of aromatic amines is 2. The van der Waals surface area contributed by atoms with E-state index in [0.29, 0.717) is 0 Å². The number of imidazole rings is 2. The van der Waals surface area contributed by atoms with Crippen LogP contribution in [0.3, 0.4) is 0 Å². The van der Waals surface area contributed by atoms with Gasteiger partial charge >= 0.3 is 0 Å². The quantitative estimate of drug-likeness (QED) is 0.364. The van der Waals surface area contributed by atoms with Crippen LogP contribution in [-0.4, -0.2) is 68.6 Å². The van der Waals surface area contributed by atoms with Gasteiger partial charge in [0.1, 0.15) is 17.4 Å². The summed E-state index contributed by atoms with van der Waals surface area (Å²) >= 11 is 0. The molecule has 34 heavy (non-hydrogen) atoms.